The van der Waals surface area contributed by atoms with Gasteiger partial charge in [-0.15, -0.1) is 0 Å². The maximum absolute atomic E-state index is 13.4. The number of hydrogen-bond acceptors (Lipinski definition) is 4. The number of rotatable bonds is 11. The third-order valence-corrected chi connectivity index (χ3v) is 7.96. The van der Waals surface area contributed by atoms with Gasteiger partial charge in [0.15, 0.2) is 0 Å². The molecular formula is C23H28Cl3N3O4S. The van der Waals surface area contributed by atoms with Crippen molar-refractivity contribution in [2.45, 2.75) is 44.2 Å². The van der Waals surface area contributed by atoms with Crippen LogP contribution in [0.5, 0.6) is 0 Å². The highest BCUT2D eigenvalue weighted by Crippen LogP contribution is 2.24. The Bertz CT molecular complexity index is 1110. The monoisotopic (exact) mass is 547 g/mol. The lowest BCUT2D eigenvalue weighted by molar-refractivity contribution is -0.141. The summed E-state index contributed by atoms with van der Waals surface area (Å²) in [6.07, 6.45) is 1.08. The van der Waals surface area contributed by atoms with Crippen LogP contribution in [0.1, 0.15) is 32.3 Å². The summed E-state index contributed by atoms with van der Waals surface area (Å²) in [7, 11) is -2.63. The Morgan fingerprint density at radius 3 is 2.21 bits per heavy atom. The second kappa shape index (κ2) is 12.7. The molecule has 0 saturated carbocycles. The smallest absolute Gasteiger partial charge is 0.243 e. The fourth-order valence-corrected chi connectivity index (χ4v) is 4.84. The SMILES string of the molecule is CCCNC(=O)C(CC)N(Cc1ccc(Cl)c(Cl)c1)C(=O)CN(C)S(=O)(=O)c1ccc(Cl)cc1. The molecule has 2 aromatic carbocycles. The molecule has 2 rings (SSSR count). The molecule has 0 aliphatic rings. The molecule has 186 valence electrons. The van der Waals surface area contributed by atoms with Gasteiger partial charge in [-0.05, 0) is 54.8 Å². The Morgan fingerprint density at radius 2 is 1.65 bits per heavy atom. The average molecular weight is 549 g/mol. The maximum atomic E-state index is 13.4. The van der Waals surface area contributed by atoms with Crippen LogP contribution in [0.25, 0.3) is 0 Å². The highest BCUT2D eigenvalue weighted by Gasteiger charge is 2.31. The van der Waals surface area contributed by atoms with Crippen LogP contribution >= 0.6 is 34.8 Å². The molecule has 0 bridgehead atoms. The first-order chi connectivity index (χ1) is 16.0. The van der Waals surface area contributed by atoms with E-state index >= 15 is 0 Å². The molecular weight excluding hydrogens is 521 g/mol. The number of hydrogen-bond donors (Lipinski definition) is 1. The van der Waals surface area contributed by atoms with Crippen molar-refractivity contribution in [3.8, 4) is 0 Å². The lowest BCUT2D eigenvalue weighted by Crippen LogP contribution is -2.51. The third-order valence-electron chi connectivity index (χ3n) is 5.15. The molecule has 1 atom stereocenters. The zero-order chi connectivity index (χ0) is 25.5. The molecule has 2 aromatic rings. The van der Waals surface area contributed by atoms with Crippen LogP contribution in [0.15, 0.2) is 47.4 Å². The number of amides is 2. The van der Waals surface area contributed by atoms with Crippen LogP contribution in [-0.4, -0.2) is 55.6 Å². The van der Waals surface area contributed by atoms with Gasteiger partial charge in [-0.1, -0.05) is 54.7 Å². The molecule has 11 heteroatoms. The summed E-state index contributed by atoms with van der Waals surface area (Å²) < 4.78 is 26.9. The number of nitrogens with one attached hydrogen (secondary N) is 1. The van der Waals surface area contributed by atoms with Crippen molar-refractivity contribution in [2.75, 3.05) is 20.1 Å². The van der Waals surface area contributed by atoms with Gasteiger partial charge in [-0.3, -0.25) is 9.59 Å². The predicted molar refractivity (Wildman–Crippen MR) is 136 cm³/mol. The van der Waals surface area contributed by atoms with Crippen molar-refractivity contribution in [1.29, 1.82) is 0 Å². The van der Waals surface area contributed by atoms with E-state index in [1.54, 1.807) is 25.1 Å². The zero-order valence-electron chi connectivity index (χ0n) is 19.2. The van der Waals surface area contributed by atoms with E-state index in [1.165, 1.54) is 36.2 Å². The molecule has 0 heterocycles. The fourth-order valence-electron chi connectivity index (χ4n) is 3.27. The highest BCUT2D eigenvalue weighted by atomic mass is 35.5. The molecule has 1 unspecified atom stereocenters. The Kier molecular flexibility index (Phi) is 10.6. The molecule has 0 aromatic heterocycles. The highest BCUT2D eigenvalue weighted by molar-refractivity contribution is 7.89. The van der Waals surface area contributed by atoms with Crippen molar-refractivity contribution in [3.05, 3.63) is 63.1 Å². The second-order valence-corrected chi connectivity index (χ2v) is 11.0. The number of carbonyl (C=O) groups excluding carboxylic acids is 2. The van der Waals surface area contributed by atoms with Crippen LogP contribution in [0.4, 0.5) is 0 Å². The first kappa shape index (κ1) is 28.4. The standard InChI is InChI=1S/C23H28Cl3N3O4S/c1-4-12-27-23(31)21(5-2)29(14-16-6-11-19(25)20(26)13-16)22(30)15-28(3)34(32,33)18-9-7-17(24)8-10-18/h6-11,13,21H,4-5,12,14-15H2,1-3H3,(H,27,31). The van der Waals surface area contributed by atoms with Gasteiger partial charge in [0.05, 0.1) is 21.5 Å². The van der Waals surface area contributed by atoms with Gasteiger partial charge in [0.1, 0.15) is 6.04 Å². The van der Waals surface area contributed by atoms with E-state index in [9.17, 15) is 18.0 Å². The van der Waals surface area contributed by atoms with Gasteiger partial charge in [0, 0.05) is 25.2 Å². The minimum Gasteiger partial charge on any atom is -0.354 e. The molecule has 2 amide bonds. The third kappa shape index (κ3) is 7.33. The largest absolute Gasteiger partial charge is 0.354 e. The van der Waals surface area contributed by atoms with Crippen LogP contribution in [0, 0.1) is 0 Å². The Morgan fingerprint density at radius 1 is 1.00 bits per heavy atom. The van der Waals surface area contributed by atoms with Crippen molar-refractivity contribution >= 4 is 56.6 Å². The van der Waals surface area contributed by atoms with E-state index in [1.807, 2.05) is 6.92 Å². The average Bonchev–Trinajstić information content (AvgIpc) is 2.79. The van der Waals surface area contributed by atoms with Crippen molar-refractivity contribution < 1.29 is 18.0 Å². The minimum atomic E-state index is -3.95. The predicted octanol–water partition coefficient (Wildman–Crippen LogP) is 4.60. The summed E-state index contributed by atoms with van der Waals surface area (Å²) in [5, 5.41) is 3.90. The number of halogens is 3. The normalized spacial score (nSPS) is 12.4. The van der Waals surface area contributed by atoms with Crippen LogP contribution in [0.3, 0.4) is 0 Å². The lowest BCUT2D eigenvalue weighted by atomic mass is 10.1. The number of carbonyl (C=O) groups is 2. The zero-order valence-corrected chi connectivity index (χ0v) is 22.3. The lowest BCUT2D eigenvalue weighted by Gasteiger charge is -2.32. The van der Waals surface area contributed by atoms with Gasteiger partial charge < -0.3 is 10.2 Å². The van der Waals surface area contributed by atoms with Gasteiger partial charge in [-0.25, -0.2) is 8.42 Å². The van der Waals surface area contributed by atoms with E-state index in [-0.39, 0.29) is 17.3 Å². The summed E-state index contributed by atoms with van der Waals surface area (Å²) in [5.74, 6) is -0.828. The molecule has 7 nitrogen and oxygen atoms in total. The van der Waals surface area contributed by atoms with E-state index in [4.69, 9.17) is 34.8 Å². The Hall–Kier alpha value is -1.84. The van der Waals surface area contributed by atoms with Crippen LogP contribution in [0.2, 0.25) is 15.1 Å². The van der Waals surface area contributed by atoms with Crippen molar-refractivity contribution in [1.82, 2.24) is 14.5 Å². The van der Waals surface area contributed by atoms with Crippen molar-refractivity contribution in [3.63, 3.8) is 0 Å². The summed E-state index contributed by atoms with van der Waals surface area (Å²) in [6.45, 7) is 3.79. The maximum Gasteiger partial charge on any atom is 0.243 e. The molecule has 0 saturated heterocycles. The van der Waals surface area contributed by atoms with Gasteiger partial charge in [0.2, 0.25) is 21.8 Å². The topological polar surface area (TPSA) is 86.8 Å². The van der Waals surface area contributed by atoms with Crippen LogP contribution < -0.4 is 5.32 Å². The second-order valence-electron chi connectivity index (χ2n) is 7.70. The van der Waals surface area contributed by atoms with Crippen molar-refractivity contribution in [2.24, 2.45) is 0 Å². The van der Waals surface area contributed by atoms with E-state index < -0.39 is 28.5 Å². The minimum absolute atomic E-state index is 0.0102. The van der Waals surface area contributed by atoms with E-state index in [0.29, 0.717) is 33.6 Å². The molecule has 0 fully saturated rings. The molecule has 0 aliphatic carbocycles. The number of nitrogens with zero attached hydrogens (tertiary/aromatic N) is 2. The molecule has 0 spiro atoms. The van der Waals surface area contributed by atoms with Gasteiger partial charge in [0.25, 0.3) is 0 Å². The number of sulfonamides is 1. The first-order valence-corrected chi connectivity index (χ1v) is 13.3. The fraction of sp³-hybridized carbons (Fsp3) is 0.391. The van der Waals surface area contributed by atoms with E-state index in [2.05, 4.69) is 5.32 Å². The summed E-state index contributed by atoms with van der Waals surface area (Å²) in [5.41, 5.74) is 0.660. The Balaban J connectivity index is 2.33. The molecule has 0 radical (unpaired) electrons. The van der Waals surface area contributed by atoms with E-state index in [0.717, 1.165) is 10.7 Å². The number of likely N-dealkylation sites (N-methyl/N-ethyl adjacent to an activating group) is 1. The summed E-state index contributed by atoms with van der Waals surface area (Å²) in [4.78, 5) is 27.6. The van der Waals surface area contributed by atoms with Gasteiger partial charge >= 0.3 is 0 Å². The quantitative estimate of drug-likeness (QED) is 0.445. The Labute approximate surface area is 216 Å². The first-order valence-electron chi connectivity index (χ1n) is 10.7. The molecule has 0 aliphatic heterocycles. The van der Waals surface area contributed by atoms with Gasteiger partial charge in [-0.2, -0.15) is 4.31 Å². The summed E-state index contributed by atoms with van der Waals surface area (Å²) >= 11 is 18.0. The van der Waals surface area contributed by atoms with Crippen LogP contribution in [-0.2, 0) is 26.2 Å². The summed E-state index contributed by atoms with van der Waals surface area (Å²) in [6, 6.07) is 9.82. The molecule has 34 heavy (non-hydrogen) atoms. The molecule has 1 N–H and O–H groups in total. The number of benzene rings is 2.